The molecule has 8 heteroatoms. The first-order chi connectivity index (χ1) is 13.7. The van der Waals surface area contributed by atoms with Gasteiger partial charge in [0.2, 0.25) is 15.9 Å². The molecular formula is C21H28N4O3S. The van der Waals surface area contributed by atoms with Crippen LogP contribution in [-0.4, -0.2) is 37.2 Å². The molecule has 1 fully saturated rings. The van der Waals surface area contributed by atoms with Crippen molar-refractivity contribution < 1.29 is 13.2 Å². The maximum Gasteiger partial charge on any atom is 0.240 e. The number of carbonyl (C=O) groups is 1. The third-order valence-corrected chi connectivity index (χ3v) is 7.54. The van der Waals surface area contributed by atoms with Gasteiger partial charge in [0.15, 0.2) is 0 Å². The van der Waals surface area contributed by atoms with E-state index in [1.807, 2.05) is 37.3 Å². The van der Waals surface area contributed by atoms with E-state index in [0.29, 0.717) is 13.0 Å². The third-order valence-electron chi connectivity index (χ3n) is 6.12. The van der Waals surface area contributed by atoms with Crippen LogP contribution in [-0.2, 0) is 21.2 Å². The van der Waals surface area contributed by atoms with Crippen LogP contribution >= 0.6 is 0 Å². The molecule has 0 radical (unpaired) electrons. The maximum absolute atomic E-state index is 12.8. The number of anilines is 1. The van der Waals surface area contributed by atoms with Crippen molar-refractivity contribution in [3.63, 3.8) is 0 Å². The van der Waals surface area contributed by atoms with Gasteiger partial charge in [0.25, 0.3) is 0 Å². The Hall–Kier alpha value is -2.19. The quantitative estimate of drug-likeness (QED) is 0.785. The highest BCUT2D eigenvalue weighted by atomic mass is 32.2. The first-order valence-electron chi connectivity index (χ1n) is 10.2. The van der Waals surface area contributed by atoms with Gasteiger partial charge in [-0.1, -0.05) is 0 Å². The van der Waals surface area contributed by atoms with E-state index in [9.17, 15) is 13.2 Å². The highest BCUT2D eigenvalue weighted by Crippen LogP contribution is 2.37. The molecule has 1 aromatic carbocycles. The molecule has 1 atom stereocenters. The SMILES string of the molecule is Cc1nn(C(C)CNS(=O)(=O)c2ccc3c(c2)CCN3C(=O)C2CC2)c(C)c1C. The van der Waals surface area contributed by atoms with Crippen LogP contribution in [0.25, 0.3) is 0 Å². The molecule has 1 unspecified atom stereocenters. The number of aryl methyl sites for hydroxylation is 1. The molecule has 156 valence electrons. The summed E-state index contributed by atoms with van der Waals surface area (Å²) >= 11 is 0. The van der Waals surface area contributed by atoms with E-state index in [4.69, 9.17) is 0 Å². The van der Waals surface area contributed by atoms with Crippen molar-refractivity contribution >= 4 is 21.6 Å². The minimum Gasteiger partial charge on any atom is -0.312 e. The number of hydrogen-bond acceptors (Lipinski definition) is 4. The molecule has 2 aliphatic rings. The zero-order valence-corrected chi connectivity index (χ0v) is 18.2. The minimum absolute atomic E-state index is 0.0988. The summed E-state index contributed by atoms with van der Waals surface area (Å²) in [7, 11) is -3.64. The number of fused-ring (bicyclic) bond motifs is 1. The van der Waals surface area contributed by atoms with E-state index in [-0.39, 0.29) is 29.3 Å². The summed E-state index contributed by atoms with van der Waals surface area (Å²) in [5.74, 6) is 0.331. The molecule has 1 N–H and O–H groups in total. The predicted octanol–water partition coefficient (Wildman–Crippen LogP) is 2.65. The van der Waals surface area contributed by atoms with Crippen LogP contribution in [0.1, 0.15) is 48.3 Å². The number of sulfonamides is 1. The van der Waals surface area contributed by atoms with E-state index in [2.05, 4.69) is 9.82 Å². The standard InChI is InChI=1S/C21H28N4O3S/c1-13(25-16(4)14(2)15(3)23-25)12-22-29(27,28)19-7-8-20-18(11-19)9-10-24(20)21(26)17-5-6-17/h7-8,11,13,17,22H,5-6,9-10,12H2,1-4H3. The lowest BCUT2D eigenvalue weighted by Gasteiger charge is -2.18. The summed E-state index contributed by atoms with van der Waals surface area (Å²) in [6, 6.07) is 4.97. The van der Waals surface area contributed by atoms with Crippen LogP contribution in [0.2, 0.25) is 0 Å². The molecular weight excluding hydrogens is 388 g/mol. The van der Waals surface area contributed by atoms with Crippen LogP contribution in [0, 0.1) is 26.7 Å². The third kappa shape index (κ3) is 3.71. The summed E-state index contributed by atoms with van der Waals surface area (Å²) in [5.41, 5.74) is 4.91. The highest BCUT2D eigenvalue weighted by molar-refractivity contribution is 7.89. The van der Waals surface area contributed by atoms with Crippen molar-refractivity contribution in [2.75, 3.05) is 18.0 Å². The van der Waals surface area contributed by atoms with E-state index in [1.165, 1.54) is 0 Å². The number of aromatic nitrogens is 2. The minimum atomic E-state index is -3.64. The molecule has 0 spiro atoms. The lowest BCUT2D eigenvalue weighted by Crippen LogP contribution is -2.31. The zero-order valence-electron chi connectivity index (χ0n) is 17.4. The highest BCUT2D eigenvalue weighted by Gasteiger charge is 2.36. The summed E-state index contributed by atoms with van der Waals surface area (Å²) in [6.07, 6.45) is 2.63. The van der Waals surface area contributed by atoms with Crippen molar-refractivity contribution in [3.05, 3.63) is 40.7 Å². The molecule has 1 aliphatic heterocycles. The number of nitrogens with one attached hydrogen (secondary N) is 1. The average molecular weight is 417 g/mol. The van der Waals surface area contributed by atoms with Crippen molar-refractivity contribution in [2.24, 2.45) is 5.92 Å². The first kappa shape index (κ1) is 20.1. The normalized spacial score (nSPS) is 17.4. The number of hydrogen-bond donors (Lipinski definition) is 1. The Morgan fingerprint density at radius 1 is 1.28 bits per heavy atom. The van der Waals surface area contributed by atoms with E-state index < -0.39 is 10.0 Å². The second-order valence-electron chi connectivity index (χ2n) is 8.25. The van der Waals surface area contributed by atoms with Crippen LogP contribution in [0.4, 0.5) is 5.69 Å². The second kappa shape index (κ2) is 7.25. The molecule has 2 aromatic rings. The first-order valence-corrected chi connectivity index (χ1v) is 11.6. The maximum atomic E-state index is 12.8. The summed E-state index contributed by atoms with van der Waals surface area (Å²) < 4.78 is 30.3. The topological polar surface area (TPSA) is 84.3 Å². The van der Waals surface area contributed by atoms with Crippen molar-refractivity contribution in [3.8, 4) is 0 Å². The van der Waals surface area contributed by atoms with Crippen molar-refractivity contribution in [1.82, 2.24) is 14.5 Å². The molecule has 0 saturated heterocycles. The lowest BCUT2D eigenvalue weighted by molar-refractivity contribution is -0.119. The van der Waals surface area contributed by atoms with Crippen LogP contribution < -0.4 is 9.62 Å². The van der Waals surface area contributed by atoms with Gasteiger partial charge in [0.05, 0.1) is 16.6 Å². The van der Waals surface area contributed by atoms with E-state index in [1.54, 1.807) is 18.2 Å². The van der Waals surface area contributed by atoms with Gasteiger partial charge in [-0.3, -0.25) is 9.48 Å². The molecule has 7 nitrogen and oxygen atoms in total. The zero-order chi connectivity index (χ0) is 20.9. The van der Waals surface area contributed by atoms with Gasteiger partial charge in [-0.2, -0.15) is 5.10 Å². The van der Waals surface area contributed by atoms with Gasteiger partial charge < -0.3 is 4.90 Å². The Morgan fingerprint density at radius 3 is 2.62 bits per heavy atom. The molecule has 4 rings (SSSR count). The van der Waals surface area contributed by atoms with Gasteiger partial charge in [0, 0.05) is 30.4 Å². The number of benzene rings is 1. The number of amides is 1. The molecule has 1 amide bonds. The Balaban J connectivity index is 1.48. The molecule has 1 aliphatic carbocycles. The number of carbonyl (C=O) groups excluding carboxylic acids is 1. The summed E-state index contributed by atoms with van der Waals surface area (Å²) in [4.78, 5) is 14.5. The fourth-order valence-corrected chi connectivity index (χ4v) is 5.07. The van der Waals surface area contributed by atoms with Gasteiger partial charge in [-0.15, -0.1) is 0 Å². The fraction of sp³-hybridized carbons (Fsp3) is 0.524. The molecule has 1 saturated carbocycles. The predicted molar refractivity (Wildman–Crippen MR) is 112 cm³/mol. The van der Waals surface area contributed by atoms with Gasteiger partial charge in [-0.25, -0.2) is 13.1 Å². The van der Waals surface area contributed by atoms with E-state index in [0.717, 1.165) is 41.0 Å². The van der Waals surface area contributed by atoms with Crippen LogP contribution in [0.5, 0.6) is 0 Å². The van der Waals surface area contributed by atoms with Crippen molar-refractivity contribution in [1.29, 1.82) is 0 Å². The summed E-state index contributed by atoms with van der Waals surface area (Å²) in [6.45, 7) is 8.81. The Morgan fingerprint density at radius 2 is 2.00 bits per heavy atom. The Kier molecular flexibility index (Phi) is 5.02. The van der Waals surface area contributed by atoms with Gasteiger partial charge in [0.1, 0.15) is 0 Å². The average Bonchev–Trinajstić information content (AvgIpc) is 3.41. The smallest absolute Gasteiger partial charge is 0.240 e. The van der Waals surface area contributed by atoms with Crippen LogP contribution in [0.3, 0.4) is 0 Å². The van der Waals surface area contributed by atoms with E-state index >= 15 is 0 Å². The molecule has 0 bridgehead atoms. The largest absolute Gasteiger partial charge is 0.312 e. The molecule has 29 heavy (non-hydrogen) atoms. The monoisotopic (exact) mass is 416 g/mol. The van der Waals surface area contributed by atoms with Crippen molar-refractivity contribution in [2.45, 2.75) is 57.9 Å². The molecule has 2 heterocycles. The van der Waals surface area contributed by atoms with Gasteiger partial charge in [-0.05, 0) is 76.3 Å². The molecule has 1 aromatic heterocycles. The fourth-order valence-electron chi connectivity index (χ4n) is 3.90. The summed E-state index contributed by atoms with van der Waals surface area (Å²) in [5, 5.41) is 4.52. The number of rotatable bonds is 6. The second-order valence-corrected chi connectivity index (χ2v) is 10.0. The Bertz CT molecular complexity index is 1070. The Labute approximate surface area is 172 Å². The van der Waals surface area contributed by atoms with Gasteiger partial charge >= 0.3 is 0 Å². The number of nitrogens with zero attached hydrogens (tertiary/aromatic N) is 3. The van der Waals surface area contributed by atoms with Crippen LogP contribution in [0.15, 0.2) is 23.1 Å². The lowest BCUT2D eigenvalue weighted by atomic mass is 10.2.